The number of halogens is 1. The van der Waals surface area contributed by atoms with Gasteiger partial charge in [0, 0.05) is 11.0 Å². The second kappa shape index (κ2) is 8.01. The third kappa shape index (κ3) is 5.30. The van der Waals surface area contributed by atoms with Gasteiger partial charge in [0.05, 0.1) is 11.8 Å². The molecule has 0 aliphatic heterocycles. The number of aliphatic hydroxyl groups is 1. The summed E-state index contributed by atoms with van der Waals surface area (Å²) in [7, 11) is 0. The highest BCUT2D eigenvalue weighted by Gasteiger charge is 2.15. The average molecular weight is 343 g/mol. The molecule has 1 atom stereocenters. The number of para-hydroxylation sites is 1. The molecule has 1 aromatic rings. The molecule has 0 heterocycles. The average Bonchev–Trinajstić information content (AvgIpc) is 2.40. The Labute approximate surface area is 126 Å². The van der Waals surface area contributed by atoms with Gasteiger partial charge in [-0.05, 0) is 40.4 Å². The van der Waals surface area contributed by atoms with Gasteiger partial charge >= 0.3 is 11.8 Å². The Balaban J connectivity index is 2.41. The second-order valence-corrected chi connectivity index (χ2v) is 5.64. The van der Waals surface area contributed by atoms with E-state index < -0.39 is 17.9 Å². The van der Waals surface area contributed by atoms with Crippen LogP contribution >= 0.6 is 15.9 Å². The van der Waals surface area contributed by atoms with Crippen LogP contribution < -0.4 is 10.6 Å². The number of carbonyl (C=O) groups excluding carboxylic acids is 2. The molecule has 6 heteroatoms. The van der Waals surface area contributed by atoms with E-state index in [1.807, 2.05) is 19.9 Å². The highest BCUT2D eigenvalue weighted by Crippen LogP contribution is 2.20. The van der Waals surface area contributed by atoms with Gasteiger partial charge in [-0.3, -0.25) is 9.59 Å². The van der Waals surface area contributed by atoms with Crippen molar-refractivity contribution in [3.05, 3.63) is 28.7 Å². The molecule has 0 fully saturated rings. The first kappa shape index (κ1) is 16.7. The molecule has 0 bridgehead atoms. The first-order valence-electron chi connectivity index (χ1n) is 6.43. The van der Waals surface area contributed by atoms with E-state index in [1.54, 1.807) is 18.2 Å². The second-order valence-electron chi connectivity index (χ2n) is 4.79. The van der Waals surface area contributed by atoms with Crippen LogP contribution in [0, 0.1) is 5.92 Å². The zero-order valence-corrected chi connectivity index (χ0v) is 13.1. The minimum atomic E-state index is -0.726. The fourth-order valence-corrected chi connectivity index (χ4v) is 1.87. The van der Waals surface area contributed by atoms with Gasteiger partial charge in [-0.2, -0.15) is 0 Å². The maximum atomic E-state index is 11.7. The maximum Gasteiger partial charge on any atom is 0.313 e. The number of benzene rings is 1. The Morgan fingerprint density at radius 3 is 2.50 bits per heavy atom. The van der Waals surface area contributed by atoms with Crippen molar-refractivity contribution in [2.24, 2.45) is 5.92 Å². The predicted molar refractivity (Wildman–Crippen MR) is 81.2 cm³/mol. The van der Waals surface area contributed by atoms with Crippen molar-refractivity contribution >= 4 is 33.4 Å². The number of rotatable bonds is 5. The highest BCUT2D eigenvalue weighted by molar-refractivity contribution is 9.10. The summed E-state index contributed by atoms with van der Waals surface area (Å²) in [5.41, 5.74) is 0.537. The van der Waals surface area contributed by atoms with Crippen molar-refractivity contribution < 1.29 is 14.7 Å². The van der Waals surface area contributed by atoms with Gasteiger partial charge < -0.3 is 15.7 Å². The summed E-state index contributed by atoms with van der Waals surface area (Å²) in [6, 6.07) is 7.04. The van der Waals surface area contributed by atoms with Crippen LogP contribution in [0.3, 0.4) is 0 Å². The zero-order chi connectivity index (χ0) is 15.1. The Kier molecular flexibility index (Phi) is 6.67. The topological polar surface area (TPSA) is 78.4 Å². The highest BCUT2D eigenvalue weighted by atomic mass is 79.9. The molecule has 1 aromatic carbocycles. The Morgan fingerprint density at radius 1 is 1.25 bits per heavy atom. The Hall–Kier alpha value is -1.40. The molecule has 2 amide bonds. The molecule has 0 spiro atoms. The molecular formula is C14H19BrN2O3. The van der Waals surface area contributed by atoms with Gasteiger partial charge in [0.2, 0.25) is 0 Å². The molecular weight excluding hydrogens is 324 g/mol. The van der Waals surface area contributed by atoms with Crippen molar-refractivity contribution in [1.82, 2.24) is 5.32 Å². The van der Waals surface area contributed by atoms with Gasteiger partial charge in [-0.1, -0.05) is 26.0 Å². The Morgan fingerprint density at radius 2 is 1.90 bits per heavy atom. The van der Waals surface area contributed by atoms with Crippen LogP contribution in [0.5, 0.6) is 0 Å². The van der Waals surface area contributed by atoms with E-state index in [-0.39, 0.29) is 12.5 Å². The maximum absolute atomic E-state index is 11.7. The van der Waals surface area contributed by atoms with Gasteiger partial charge in [-0.25, -0.2) is 0 Å². The van der Waals surface area contributed by atoms with Crippen LogP contribution in [0.2, 0.25) is 0 Å². The van der Waals surface area contributed by atoms with Crippen LogP contribution in [0.4, 0.5) is 5.69 Å². The standard InChI is InChI=1S/C14H19BrN2O3/c1-9(2)12(18)7-8-16-13(19)14(20)17-11-6-4-3-5-10(11)15/h3-6,9,12,18H,7-8H2,1-2H3,(H,16,19)(H,17,20). The number of carbonyl (C=O) groups is 2. The van der Waals surface area contributed by atoms with Crippen LogP contribution in [-0.4, -0.2) is 29.6 Å². The van der Waals surface area contributed by atoms with Crippen molar-refractivity contribution in [2.45, 2.75) is 26.4 Å². The zero-order valence-electron chi connectivity index (χ0n) is 11.5. The van der Waals surface area contributed by atoms with E-state index in [9.17, 15) is 14.7 Å². The van der Waals surface area contributed by atoms with Gasteiger partial charge in [0.15, 0.2) is 0 Å². The van der Waals surface area contributed by atoms with Gasteiger partial charge in [0.25, 0.3) is 0 Å². The fourth-order valence-electron chi connectivity index (χ4n) is 1.49. The van der Waals surface area contributed by atoms with E-state index in [2.05, 4.69) is 26.6 Å². The molecule has 0 aliphatic carbocycles. The summed E-state index contributed by atoms with van der Waals surface area (Å²) >= 11 is 3.28. The van der Waals surface area contributed by atoms with Crippen molar-refractivity contribution in [3.63, 3.8) is 0 Å². The normalized spacial score (nSPS) is 12.1. The molecule has 0 aliphatic rings. The van der Waals surface area contributed by atoms with Gasteiger partial charge in [-0.15, -0.1) is 0 Å². The largest absolute Gasteiger partial charge is 0.393 e. The van der Waals surface area contributed by atoms with E-state index in [0.717, 1.165) is 0 Å². The van der Waals surface area contributed by atoms with Crippen molar-refractivity contribution in [1.29, 1.82) is 0 Å². The van der Waals surface area contributed by atoms with Crippen LogP contribution in [-0.2, 0) is 9.59 Å². The molecule has 1 rings (SSSR count). The summed E-state index contributed by atoms with van der Waals surface area (Å²) < 4.78 is 0.705. The molecule has 20 heavy (non-hydrogen) atoms. The summed E-state index contributed by atoms with van der Waals surface area (Å²) in [6.07, 6.45) is -0.0623. The fraction of sp³-hybridized carbons (Fsp3) is 0.429. The molecule has 0 radical (unpaired) electrons. The molecule has 110 valence electrons. The van der Waals surface area contributed by atoms with Crippen LogP contribution in [0.15, 0.2) is 28.7 Å². The quantitative estimate of drug-likeness (QED) is 0.715. The van der Waals surface area contributed by atoms with E-state index in [0.29, 0.717) is 16.6 Å². The van der Waals surface area contributed by atoms with E-state index in [1.165, 1.54) is 0 Å². The molecule has 0 saturated carbocycles. The number of amides is 2. The lowest BCUT2D eigenvalue weighted by atomic mass is 10.0. The lowest BCUT2D eigenvalue weighted by molar-refractivity contribution is -0.136. The molecule has 0 saturated heterocycles. The number of aliphatic hydroxyl groups excluding tert-OH is 1. The first-order chi connectivity index (χ1) is 9.41. The molecule has 1 unspecified atom stereocenters. The third-order valence-electron chi connectivity index (χ3n) is 2.82. The number of nitrogens with one attached hydrogen (secondary N) is 2. The lowest BCUT2D eigenvalue weighted by Crippen LogP contribution is -2.37. The number of hydrogen-bond donors (Lipinski definition) is 3. The third-order valence-corrected chi connectivity index (χ3v) is 3.51. The molecule has 0 aromatic heterocycles. The van der Waals surface area contributed by atoms with E-state index >= 15 is 0 Å². The number of anilines is 1. The van der Waals surface area contributed by atoms with E-state index in [4.69, 9.17) is 0 Å². The smallest absolute Gasteiger partial charge is 0.313 e. The summed E-state index contributed by atoms with van der Waals surface area (Å²) in [6.45, 7) is 4.06. The minimum absolute atomic E-state index is 0.126. The number of hydrogen-bond acceptors (Lipinski definition) is 3. The molecule has 3 N–H and O–H groups in total. The minimum Gasteiger partial charge on any atom is -0.393 e. The SMILES string of the molecule is CC(C)C(O)CCNC(=O)C(=O)Nc1ccccc1Br. The van der Waals surface area contributed by atoms with Crippen molar-refractivity contribution in [3.8, 4) is 0 Å². The predicted octanol–water partition coefficient (Wildman–Crippen LogP) is 1.91. The monoisotopic (exact) mass is 342 g/mol. The summed E-state index contributed by atoms with van der Waals surface area (Å²) in [5.74, 6) is -1.31. The first-order valence-corrected chi connectivity index (χ1v) is 7.23. The van der Waals surface area contributed by atoms with Crippen LogP contribution in [0.1, 0.15) is 20.3 Å². The van der Waals surface area contributed by atoms with Crippen molar-refractivity contribution in [2.75, 3.05) is 11.9 Å². The summed E-state index contributed by atoms with van der Waals surface area (Å²) in [5, 5.41) is 14.6. The Bertz CT molecular complexity index is 477. The van der Waals surface area contributed by atoms with Crippen LogP contribution in [0.25, 0.3) is 0 Å². The molecule has 5 nitrogen and oxygen atoms in total. The lowest BCUT2D eigenvalue weighted by Gasteiger charge is -2.14. The van der Waals surface area contributed by atoms with Gasteiger partial charge in [0.1, 0.15) is 0 Å². The summed E-state index contributed by atoms with van der Waals surface area (Å²) in [4.78, 5) is 23.3.